The third kappa shape index (κ3) is 6.48. The van der Waals surface area contributed by atoms with Crippen LogP contribution in [-0.2, 0) is 9.59 Å². The Bertz CT molecular complexity index is 259. The van der Waals surface area contributed by atoms with E-state index in [1.807, 2.05) is 0 Å². The molecule has 18 heavy (non-hydrogen) atoms. The Kier molecular flexibility index (Phi) is 8.41. The highest BCUT2D eigenvalue weighted by atomic mass is 33.1. The van der Waals surface area contributed by atoms with Crippen LogP contribution in [0.2, 0.25) is 0 Å². The zero-order chi connectivity index (χ0) is 14.3. The van der Waals surface area contributed by atoms with Crippen molar-refractivity contribution in [3.63, 3.8) is 0 Å². The molecule has 2 N–H and O–H groups in total. The fourth-order valence-electron chi connectivity index (χ4n) is 1.11. The molecule has 106 valence electrons. The maximum Gasteiger partial charge on any atom is 0.321 e. The fourth-order valence-corrected chi connectivity index (χ4v) is 3.79. The van der Waals surface area contributed by atoms with Gasteiger partial charge in [-0.25, -0.2) is 0 Å². The number of carbonyl (C=O) groups is 2. The normalized spacial score (nSPS) is 14.8. The van der Waals surface area contributed by atoms with E-state index >= 15 is 0 Å². The van der Waals surface area contributed by atoms with E-state index in [1.54, 1.807) is 38.0 Å². The van der Waals surface area contributed by atoms with E-state index in [4.69, 9.17) is 10.2 Å². The van der Waals surface area contributed by atoms with Gasteiger partial charge in [0, 0.05) is 11.5 Å². The number of aliphatic carboxylic acids is 2. The van der Waals surface area contributed by atoms with E-state index < -0.39 is 24.0 Å². The van der Waals surface area contributed by atoms with Crippen LogP contribution in [0.4, 0.5) is 0 Å². The summed E-state index contributed by atoms with van der Waals surface area (Å²) in [5, 5.41) is 17.9. The van der Waals surface area contributed by atoms with E-state index in [2.05, 4.69) is 0 Å². The predicted octanol–water partition coefficient (Wildman–Crippen LogP) is 0.397. The first-order chi connectivity index (χ1) is 8.27. The van der Waals surface area contributed by atoms with Crippen molar-refractivity contribution >= 4 is 33.5 Å². The Hall–Kier alpha value is -0.440. The zero-order valence-corrected chi connectivity index (χ0v) is 12.6. The molecule has 0 radical (unpaired) electrons. The molecule has 0 bridgehead atoms. The number of carboxylic acids is 2. The van der Waals surface area contributed by atoms with Crippen LogP contribution in [0.15, 0.2) is 0 Å². The second-order valence-corrected chi connectivity index (χ2v) is 6.76. The molecule has 0 rings (SSSR count). The van der Waals surface area contributed by atoms with Gasteiger partial charge in [0.05, 0.1) is 0 Å². The van der Waals surface area contributed by atoms with Gasteiger partial charge in [0.15, 0.2) is 0 Å². The second-order valence-electron chi connectivity index (χ2n) is 4.20. The second kappa shape index (κ2) is 8.63. The lowest BCUT2D eigenvalue weighted by Gasteiger charge is -2.21. The molecular weight excluding hydrogens is 276 g/mol. The van der Waals surface area contributed by atoms with Crippen molar-refractivity contribution in [1.82, 2.24) is 9.80 Å². The minimum Gasteiger partial charge on any atom is -0.480 e. The molecule has 0 aromatic heterocycles. The van der Waals surface area contributed by atoms with Crippen molar-refractivity contribution in [3.05, 3.63) is 0 Å². The van der Waals surface area contributed by atoms with Crippen LogP contribution >= 0.6 is 21.6 Å². The lowest BCUT2D eigenvalue weighted by Crippen LogP contribution is -2.38. The highest BCUT2D eigenvalue weighted by molar-refractivity contribution is 8.76. The van der Waals surface area contributed by atoms with Crippen LogP contribution in [0.5, 0.6) is 0 Å². The van der Waals surface area contributed by atoms with Gasteiger partial charge in [-0.05, 0) is 28.2 Å². The number of hydrogen-bond acceptors (Lipinski definition) is 6. The molecule has 0 aromatic rings. The van der Waals surface area contributed by atoms with Crippen LogP contribution in [0.1, 0.15) is 0 Å². The van der Waals surface area contributed by atoms with Gasteiger partial charge in [-0.3, -0.25) is 19.4 Å². The van der Waals surface area contributed by atoms with Gasteiger partial charge in [-0.1, -0.05) is 21.6 Å². The SMILES string of the molecule is CN(C)C(CSSC[C@@H](C(=O)O)N(C)C)C(=O)O. The molecular formula is C10H20N2O4S2. The average Bonchev–Trinajstić information content (AvgIpc) is 2.20. The summed E-state index contributed by atoms with van der Waals surface area (Å²) in [7, 11) is 9.62. The maximum absolute atomic E-state index is 10.9. The minimum absolute atomic E-state index is 0.423. The summed E-state index contributed by atoms with van der Waals surface area (Å²) >= 11 is 0. The Labute approximate surface area is 115 Å². The van der Waals surface area contributed by atoms with Crippen LogP contribution in [-0.4, -0.2) is 83.7 Å². The highest BCUT2D eigenvalue weighted by Crippen LogP contribution is 2.24. The summed E-state index contributed by atoms with van der Waals surface area (Å²) in [4.78, 5) is 25.1. The molecule has 0 aliphatic rings. The van der Waals surface area contributed by atoms with Crippen molar-refractivity contribution in [2.24, 2.45) is 0 Å². The highest BCUT2D eigenvalue weighted by Gasteiger charge is 2.22. The number of carboxylic acid groups (broad SMARTS) is 2. The number of rotatable bonds is 9. The summed E-state index contributed by atoms with van der Waals surface area (Å²) in [6.07, 6.45) is 0. The van der Waals surface area contributed by atoms with E-state index in [0.717, 1.165) is 0 Å². The molecule has 0 saturated heterocycles. The number of hydrogen-bond donors (Lipinski definition) is 2. The van der Waals surface area contributed by atoms with Crippen LogP contribution < -0.4 is 0 Å². The molecule has 0 saturated carbocycles. The molecule has 0 aromatic carbocycles. The summed E-state index contributed by atoms with van der Waals surface area (Å²) in [5.41, 5.74) is 0. The van der Waals surface area contributed by atoms with Gasteiger partial charge in [-0.15, -0.1) is 0 Å². The van der Waals surface area contributed by atoms with Gasteiger partial charge >= 0.3 is 11.9 Å². The number of likely N-dealkylation sites (N-methyl/N-ethyl adjacent to an activating group) is 2. The van der Waals surface area contributed by atoms with E-state index in [0.29, 0.717) is 11.5 Å². The van der Waals surface area contributed by atoms with E-state index in [1.165, 1.54) is 21.6 Å². The van der Waals surface area contributed by atoms with Crippen molar-refractivity contribution in [3.8, 4) is 0 Å². The molecule has 0 heterocycles. The summed E-state index contributed by atoms with van der Waals surface area (Å²) in [6, 6.07) is -1.10. The number of nitrogens with zero attached hydrogens (tertiary/aromatic N) is 2. The minimum atomic E-state index is -0.865. The zero-order valence-electron chi connectivity index (χ0n) is 11.0. The predicted molar refractivity (Wildman–Crippen MR) is 75.1 cm³/mol. The monoisotopic (exact) mass is 296 g/mol. The van der Waals surface area contributed by atoms with Crippen LogP contribution in [0.3, 0.4) is 0 Å². The first kappa shape index (κ1) is 17.6. The average molecular weight is 296 g/mol. The van der Waals surface area contributed by atoms with Gasteiger partial charge in [0.2, 0.25) is 0 Å². The summed E-state index contributed by atoms with van der Waals surface area (Å²) < 4.78 is 0. The smallest absolute Gasteiger partial charge is 0.321 e. The Balaban J connectivity index is 4.04. The Morgan fingerprint density at radius 3 is 1.33 bits per heavy atom. The lowest BCUT2D eigenvalue weighted by atomic mass is 10.3. The topological polar surface area (TPSA) is 81.1 Å². The molecule has 0 amide bonds. The molecule has 2 atom stereocenters. The van der Waals surface area contributed by atoms with Crippen LogP contribution in [0, 0.1) is 0 Å². The molecule has 6 nitrogen and oxygen atoms in total. The standard InChI is InChI=1S/C10H20N2O4S2/c1-11(2)7(9(13)14)5-17-18-6-8(10(15)16)12(3)4/h7-8H,5-6H2,1-4H3,(H,13,14)(H,15,16)/t7-,8?/m0/s1. The van der Waals surface area contributed by atoms with E-state index in [9.17, 15) is 9.59 Å². The molecule has 0 fully saturated rings. The summed E-state index contributed by atoms with van der Waals surface area (Å²) in [6.45, 7) is 0. The largest absolute Gasteiger partial charge is 0.480 e. The van der Waals surface area contributed by atoms with Crippen molar-refractivity contribution in [1.29, 1.82) is 0 Å². The van der Waals surface area contributed by atoms with Crippen LogP contribution in [0.25, 0.3) is 0 Å². The van der Waals surface area contributed by atoms with Gasteiger partial charge in [0.1, 0.15) is 12.1 Å². The maximum atomic E-state index is 10.9. The molecule has 0 aliphatic carbocycles. The Morgan fingerprint density at radius 1 is 0.889 bits per heavy atom. The van der Waals surface area contributed by atoms with E-state index in [-0.39, 0.29) is 0 Å². The Morgan fingerprint density at radius 2 is 1.17 bits per heavy atom. The van der Waals surface area contributed by atoms with Crippen molar-refractivity contribution in [2.75, 3.05) is 39.7 Å². The van der Waals surface area contributed by atoms with Crippen molar-refractivity contribution in [2.45, 2.75) is 12.1 Å². The van der Waals surface area contributed by atoms with Gasteiger partial charge in [0.25, 0.3) is 0 Å². The molecule has 0 spiro atoms. The first-order valence-corrected chi connectivity index (χ1v) is 7.79. The third-order valence-electron chi connectivity index (χ3n) is 2.35. The molecule has 1 unspecified atom stereocenters. The molecule has 0 aliphatic heterocycles. The molecule has 8 heteroatoms. The fraction of sp³-hybridized carbons (Fsp3) is 0.800. The lowest BCUT2D eigenvalue weighted by molar-refractivity contribution is -0.142. The summed E-state index contributed by atoms with van der Waals surface area (Å²) in [5.74, 6) is -0.884. The first-order valence-electron chi connectivity index (χ1n) is 5.30. The van der Waals surface area contributed by atoms with Crippen molar-refractivity contribution < 1.29 is 19.8 Å². The quantitative estimate of drug-likeness (QED) is 0.467. The van der Waals surface area contributed by atoms with Gasteiger partial charge < -0.3 is 10.2 Å². The van der Waals surface area contributed by atoms with Gasteiger partial charge in [-0.2, -0.15) is 0 Å². The third-order valence-corrected chi connectivity index (χ3v) is 4.74.